The van der Waals surface area contributed by atoms with E-state index in [1.54, 1.807) is 0 Å². The van der Waals surface area contributed by atoms with E-state index < -0.39 is 35.5 Å². The Bertz CT molecular complexity index is 856. The van der Waals surface area contributed by atoms with Crippen molar-refractivity contribution in [2.24, 2.45) is 5.92 Å². The molecule has 0 radical (unpaired) electrons. The summed E-state index contributed by atoms with van der Waals surface area (Å²) in [6, 6.07) is 1.43. The Labute approximate surface area is 188 Å². The van der Waals surface area contributed by atoms with Gasteiger partial charge >= 0.3 is 0 Å². The van der Waals surface area contributed by atoms with Crippen LogP contribution in [0.1, 0.15) is 74.6 Å². The van der Waals surface area contributed by atoms with E-state index in [0.29, 0.717) is 19.0 Å². The number of halogens is 1. The fraction of sp³-hybridized carbons (Fsp3) is 0.565. The predicted molar refractivity (Wildman–Crippen MR) is 120 cm³/mol. The van der Waals surface area contributed by atoms with Gasteiger partial charge in [0.15, 0.2) is 0 Å². The third-order valence-electron chi connectivity index (χ3n) is 5.21. The van der Waals surface area contributed by atoms with Crippen molar-refractivity contribution in [3.8, 4) is 0 Å². The van der Waals surface area contributed by atoms with Gasteiger partial charge in [-0.05, 0) is 37.8 Å². The maximum atomic E-state index is 14.8. The second-order valence-corrected chi connectivity index (χ2v) is 7.56. The molecule has 1 saturated heterocycles. The van der Waals surface area contributed by atoms with E-state index in [-0.39, 0.29) is 29.7 Å². The molecule has 1 unspecified atom stereocenters. The first kappa shape index (κ1) is 27.2. The maximum absolute atomic E-state index is 14.8. The summed E-state index contributed by atoms with van der Waals surface area (Å²) in [6.07, 6.45) is 0.975. The molecule has 1 atom stereocenters. The number of piperidine rings is 1. The Kier molecular flexibility index (Phi) is 10.5. The molecule has 1 aromatic carbocycles. The van der Waals surface area contributed by atoms with E-state index >= 15 is 0 Å². The van der Waals surface area contributed by atoms with Crippen LogP contribution in [0.4, 0.5) is 10.1 Å². The Morgan fingerprint density at radius 1 is 1.12 bits per heavy atom. The molecule has 0 aromatic heterocycles. The van der Waals surface area contributed by atoms with Crippen LogP contribution < -0.4 is 10.2 Å². The van der Waals surface area contributed by atoms with E-state index in [2.05, 4.69) is 19.2 Å². The molecule has 2 heterocycles. The highest BCUT2D eigenvalue weighted by atomic mass is 19.1. The minimum absolute atomic E-state index is 0.0439. The van der Waals surface area contributed by atoms with Crippen LogP contribution in [0.25, 0.3) is 0 Å². The van der Waals surface area contributed by atoms with Crippen molar-refractivity contribution in [3.63, 3.8) is 0 Å². The van der Waals surface area contributed by atoms with Crippen molar-refractivity contribution in [1.29, 1.82) is 0 Å². The molecule has 32 heavy (non-hydrogen) atoms. The number of hydrogen-bond donors (Lipinski definition) is 2. The Balaban J connectivity index is 0.00000121. The minimum Gasteiger partial charge on any atom is -0.400 e. The number of carbonyl (C=O) groups excluding carboxylic acids is 4. The summed E-state index contributed by atoms with van der Waals surface area (Å²) in [6.45, 7) is 11.2. The van der Waals surface area contributed by atoms with Gasteiger partial charge in [-0.25, -0.2) is 4.39 Å². The lowest BCUT2D eigenvalue weighted by atomic mass is 10.0. The predicted octanol–water partition coefficient (Wildman–Crippen LogP) is 2.73. The summed E-state index contributed by atoms with van der Waals surface area (Å²) < 4.78 is 14.8. The SMILES string of the molecule is CC.CCN(CCC(C)C)c1cc2c(cc1F)C(=O)N(C1CCC(=O)NC1=O)C2=O.CO. The molecule has 1 fully saturated rings. The van der Waals surface area contributed by atoms with Crippen molar-refractivity contribution >= 4 is 29.3 Å². The number of benzene rings is 1. The first-order chi connectivity index (χ1) is 15.2. The molecule has 4 amide bonds. The summed E-state index contributed by atoms with van der Waals surface area (Å²) in [5.74, 6) is -2.58. The first-order valence-electron chi connectivity index (χ1n) is 11.0. The number of imide groups is 2. The number of nitrogens with zero attached hydrogens (tertiary/aromatic N) is 2. The second kappa shape index (κ2) is 12.3. The van der Waals surface area contributed by atoms with Gasteiger partial charge in [0.2, 0.25) is 11.8 Å². The number of nitrogens with one attached hydrogen (secondary N) is 1. The number of carbonyl (C=O) groups is 4. The lowest BCUT2D eigenvalue weighted by Gasteiger charge is -2.27. The van der Waals surface area contributed by atoms with Gasteiger partial charge in [0.05, 0.1) is 16.8 Å². The highest BCUT2D eigenvalue weighted by molar-refractivity contribution is 6.23. The van der Waals surface area contributed by atoms with Gasteiger partial charge in [-0.3, -0.25) is 29.4 Å². The summed E-state index contributed by atoms with van der Waals surface area (Å²) in [5.41, 5.74) is 0.318. The van der Waals surface area contributed by atoms with Gasteiger partial charge in [0.25, 0.3) is 11.8 Å². The topological polar surface area (TPSA) is 107 Å². The van der Waals surface area contributed by atoms with Crippen LogP contribution in [0, 0.1) is 11.7 Å². The molecule has 9 heteroatoms. The molecule has 0 spiro atoms. The van der Waals surface area contributed by atoms with E-state index in [1.165, 1.54) is 6.07 Å². The Hall–Kier alpha value is -2.81. The van der Waals surface area contributed by atoms with Crippen molar-refractivity contribution in [1.82, 2.24) is 10.2 Å². The largest absolute Gasteiger partial charge is 0.400 e. The fourth-order valence-corrected chi connectivity index (χ4v) is 3.58. The van der Waals surface area contributed by atoms with Crippen molar-refractivity contribution < 1.29 is 28.7 Å². The number of rotatable bonds is 6. The average Bonchev–Trinajstić information content (AvgIpc) is 3.01. The zero-order valence-electron chi connectivity index (χ0n) is 19.7. The van der Waals surface area contributed by atoms with E-state index in [9.17, 15) is 23.6 Å². The van der Waals surface area contributed by atoms with Crippen LogP contribution in [0.15, 0.2) is 12.1 Å². The molecule has 0 aliphatic carbocycles. The van der Waals surface area contributed by atoms with Crippen molar-refractivity contribution in [3.05, 3.63) is 29.1 Å². The van der Waals surface area contributed by atoms with Gasteiger partial charge in [0.1, 0.15) is 11.9 Å². The molecule has 178 valence electrons. The highest BCUT2D eigenvalue weighted by Gasteiger charge is 2.45. The fourth-order valence-electron chi connectivity index (χ4n) is 3.58. The van der Waals surface area contributed by atoms with E-state index in [1.807, 2.05) is 25.7 Å². The van der Waals surface area contributed by atoms with Crippen LogP contribution in [-0.4, -0.2) is 59.9 Å². The average molecular weight is 452 g/mol. The second-order valence-electron chi connectivity index (χ2n) is 7.56. The molecular weight excluding hydrogens is 417 g/mol. The third kappa shape index (κ3) is 5.70. The third-order valence-corrected chi connectivity index (χ3v) is 5.21. The monoisotopic (exact) mass is 451 g/mol. The summed E-state index contributed by atoms with van der Waals surface area (Å²) >= 11 is 0. The van der Waals surface area contributed by atoms with Crippen LogP contribution in [0.3, 0.4) is 0 Å². The van der Waals surface area contributed by atoms with E-state index in [0.717, 1.165) is 24.5 Å². The molecule has 2 N–H and O–H groups in total. The lowest BCUT2D eigenvalue weighted by molar-refractivity contribution is -0.136. The van der Waals surface area contributed by atoms with Gasteiger partial charge < -0.3 is 10.0 Å². The number of aliphatic hydroxyl groups is 1. The molecule has 3 rings (SSSR count). The minimum atomic E-state index is -1.06. The number of aliphatic hydroxyl groups excluding tert-OH is 1. The van der Waals surface area contributed by atoms with Crippen LogP contribution in [0.2, 0.25) is 0 Å². The zero-order valence-corrected chi connectivity index (χ0v) is 19.7. The Morgan fingerprint density at radius 3 is 2.19 bits per heavy atom. The van der Waals surface area contributed by atoms with Gasteiger partial charge in [-0.15, -0.1) is 0 Å². The van der Waals surface area contributed by atoms with E-state index in [4.69, 9.17) is 5.11 Å². The smallest absolute Gasteiger partial charge is 0.262 e. The number of amides is 4. The highest BCUT2D eigenvalue weighted by Crippen LogP contribution is 2.32. The Morgan fingerprint density at radius 2 is 1.69 bits per heavy atom. The molecule has 2 aliphatic heterocycles. The van der Waals surface area contributed by atoms with Crippen LogP contribution in [-0.2, 0) is 9.59 Å². The van der Waals surface area contributed by atoms with Crippen molar-refractivity contribution in [2.45, 2.75) is 59.9 Å². The molecule has 2 aliphatic rings. The number of anilines is 1. The quantitative estimate of drug-likeness (QED) is 0.644. The molecule has 0 bridgehead atoms. The molecule has 1 aromatic rings. The zero-order chi connectivity index (χ0) is 24.6. The first-order valence-corrected chi connectivity index (χ1v) is 11.0. The van der Waals surface area contributed by atoms with Gasteiger partial charge in [-0.1, -0.05) is 27.7 Å². The normalized spacial score (nSPS) is 17.3. The molecule has 8 nitrogen and oxygen atoms in total. The summed E-state index contributed by atoms with van der Waals surface area (Å²) in [7, 11) is 1.00. The molecular formula is C23H34FN3O5. The van der Waals surface area contributed by atoms with Crippen LogP contribution >= 0.6 is 0 Å². The molecule has 0 saturated carbocycles. The summed E-state index contributed by atoms with van der Waals surface area (Å²) in [4.78, 5) is 51.7. The standard InChI is InChI=1S/C20H24FN3O4.C2H6.CH4O/c1-4-23(8-7-11(2)3)16-10-13-12(9-14(16)21)19(27)24(20(13)28)15-5-6-17(25)22-18(15)26;2*1-2/h9-11,15H,4-8H2,1-3H3,(H,22,25,26);1-2H3;2H,1H3. The summed E-state index contributed by atoms with van der Waals surface area (Å²) in [5, 5.41) is 9.15. The van der Waals surface area contributed by atoms with Gasteiger partial charge in [-0.2, -0.15) is 0 Å². The maximum Gasteiger partial charge on any atom is 0.262 e. The number of fused-ring (bicyclic) bond motifs is 1. The van der Waals surface area contributed by atoms with Gasteiger partial charge in [0, 0.05) is 26.6 Å². The van der Waals surface area contributed by atoms with Crippen molar-refractivity contribution in [2.75, 3.05) is 25.1 Å². The number of hydrogen-bond acceptors (Lipinski definition) is 6. The van der Waals surface area contributed by atoms with Crippen LogP contribution in [0.5, 0.6) is 0 Å². The lowest BCUT2D eigenvalue weighted by Crippen LogP contribution is -2.54.